The van der Waals surface area contributed by atoms with Crippen molar-refractivity contribution in [2.24, 2.45) is 5.84 Å². The standard InChI is InChI=1S/C12H13ClN2OS/c1-7(15-14)10-6-17-12(11(10)16)8-3-2-4-9(13)5-8/h2-7,15-16H,14H2,1H3. The topological polar surface area (TPSA) is 58.3 Å². The smallest absolute Gasteiger partial charge is 0.138 e. The number of rotatable bonds is 3. The van der Waals surface area contributed by atoms with Crippen LogP contribution in [0.1, 0.15) is 18.5 Å². The van der Waals surface area contributed by atoms with E-state index in [1.54, 1.807) is 6.07 Å². The number of hydrogen-bond donors (Lipinski definition) is 3. The molecule has 1 unspecified atom stereocenters. The predicted octanol–water partition coefficient (Wildman–Crippen LogP) is 3.30. The molecule has 1 aromatic carbocycles. The van der Waals surface area contributed by atoms with Crippen LogP contribution in [0.25, 0.3) is 10.4 Å². The lowest BCUT2D eigenvalue weighted by molar-refractivity contribution is 0.459. The average Bonchev–Trinajstić information content (AvgIpc) is 2.70. The van der Waals surface area contributed by atoms with E-state index in [-0.39, 0.29) is 11.8 Å². The van der Waals surface area contributed by atoms with Gasteiger partial charge >= 0.3 is 0 Å². The summed E-state index contributed by atoms with van der Waals surface area (Å²) in [5.74, 6) is 5.63. The molecule has 0 aliphatic rings. The lowest BCUT2D eigenvalue weighted by atomic mass is 10.1. The van der Waals surface area contributed by atoms with E-state index in [1.165, 1.54) is 11.3 Å². The molecule has 3 nitrogen and oxygen atoms in total. The van der Waals surface area contributed by atoms with Crippen LogP contribution in [-0.4, -0.2) is 5.11 Å². The molecule has 0 radical (unpaired) electrons. The molecule has 0 aliphatic heterocycles. The molecule has 1 atom stereocenters. The van der Waals surface area contributed by atoms with Crippen molar-refractivity contribution in [3.05, 3.63) is 40.2 Å². The molecular weight excluding hydrogens is 256 g/mol. The van der Waals surface area contributed by atoms with E-state index in [1.807, 2.05) is 30.5 Å². The largest absolute Gasteiger partial charge is 0.506 e. The van der Waals surface area contributed by atoms with Gasteiger partial charge < -0.3 is 5.11 Å². The van der Waals surface area contributed by atoms with E-state index in [0.717, 1.165) is 16.0 Å². The van der Waals surface area contributed by atoms with Crippen LogP contribution in [0.3, 0.4) is 0 Å². The Hall–Kier alpha value is -1.07. The summed E-state index contributed by atoms with van der Waals surface area (Å²) in [7, 11) is 0. The zero-order valence-electron chi connectivity index (χ0n) is 9.27. The van der Waals surface area contributed by atoms with Gasteiger partial charge in [0.15, 0.2) is 0 Å². The molecule has 0 aliphatic carbocycles. The molecule has 1 heterocycles. The van der Waals surface area contributed by atoms with E-state index in [9.17, 15) is 5.11 Å². The number of halogens is 1. The van der Waals surface area contributed by atoms with Crippen LogP contribution in [0.15, 0.2) is 29.6 Å². The number of hydrazine groups is 1. The van der Waals surface area contributed by atoms with Crippen molar-refractivity contribution >= 4 is 22.9 Å². The fourth-order valence-corrected chi connectivity index (χ4v) is 2.84. The van der Waals surface area contributed by atoms with Crippen molar-refractivity contribution in [3.8, 4) is 16.2 Å². The molecule has 0 amide bonds. The summed E-state index contributed by atoms with van der Waals surface area (Å²) in [5.41, 5.74) is 4.33. The molecular formula is C12H13ClN2OS. The fourth-order valence-electron chi connectivity index (χ4n) is 1.60. The maximum atomic E-state index is 10.1. The van der Waals surface area contributed by atoms with Crippen molar-refractivity contribution in [2.75, 3.05) is 0 Å². The first-order chi connectivity index (χ1) is 8.13. The number of hydrogen-bond acceptors (Lipinski definition) is 4. The SMILES string of the molecule is CC(NN)c1csc(-c2cccc(Cl)c2)c1O. The summed E-state index contributed by atoms with van der Waals surface area (Å²) < 4.78 is 0. The Morgan fingerprint density at radius 1 is 1.47 bits per heavy atom. The van der Waals surface area contributed by atoms with Crippen molar-refractivity contribution in [1.82, 2.24) is 5.43 Å². The predicted molar refractivity (Wildman–Crippen MR) is 72.2 cm³/mol. The van der Waals surface area contributed by atoms with Gasteiger partial charge in [0.1, 0.15) is 5.75 Å². The summed E-state index contributed by atoms with van der Waals surface area (Å²) in [6.07, 6.45) is 0. The second kappa shape index (κ2) is 5.06. The quantitative estimate of drug-likeness (QED) is 0.591. The number of nitrogens with two attached hydrogens (primary N) is 1. The first kappa shape index (κ1) is 12.4. The highest BCUT2D eigenvalue weighted by atomic mass is 35.5. The van der Waals surface area contributed by atoms with Crippen LogP contribution in [-0.2, 0) is 0 Å². The van der Waals surface area contributed by atoms with E-state index < -0.39 is 0 Å². The van der Waals surface area contributed by atoms with Crippen molar-refractivity contribution in [1.29, 1.82) is 0 Å². The Morgan fingerprint density at radius 2 is 2.24 bits per heavy atom. The summed E-state index contributed by atoms with van der Waals surface area (Å²) in [6, 6.07) is 7.33. The van der Waals surface area contributed by atoms with Gasteiger partial charge in [0.2, 0.25) is 0 Å². The van der Waals surface area contributed by atoms with Gasteiger partial charge in [0.05, 0.1) is 4.88 Å². The number of aromatic hydroxyl groups is 1. The third-order valence-electron chi connectivity index (χ3n) is 2.60. The highest BCUT2D eigenvalue weighted by molar-refractivity contribution is 7.14. The minimum absolute atomic E-state index is 0.0841. The maximum absolute atomic E-state index is 10.1. The molecule has 0 saturated carbocycles. The van der Waals surface area contributed by atoms with Gasteiger partial charge in [0, 0.05) is 22.0 Å². The molecule has 2 aromatic rings. The maximum Gasteiger partial charge on any atom is 0.138 e. The Kier molecular flexibility index (Phi) is 3.69. The van der Waals surface area contributed by atoms with Crippen LogP contribution < -0.4 is 11.3 Å². The van der Waals surface area contributed by atoms with E-state index in [4.69, 9.17) is 17.4 Å². The highest BCUT2D eigenvalue weighted by Crippen LogP contribution is 2.41. The second-order valence-electron chi connectivity index (χ2n) is 3.77. The summed E-state index contributed by atoms with van der Waals surface area (Å²) in [4.78, 5) is 0.810. The minimum Gasteiger partial charge on any atom is -0.506 e. The molecule has 5 heteroatoms. The normalized spacial score (nSPS) is 12.6. The first-order valence-corrected chi connectivity index (χ1v) is 6.41. The van der Waals surface area contributed by atoms with Crippen LogP contribution >= 0.6 is 22.9 Å². The number of benzene rings is 1. The lowest BCUT2D eigenvalue weighted by Crippen LogP contribution is -2.25. The zero-order valence-corrected chi connectivity index (χ0v) is 10.8. The van der Waals surface area contributed by atoms with Gasteiger partial charge in [0.25, 0.3) is 0 Å². The number of nitrogens with one attached hydrogen (secondary N) is 1. The van der Waals surface area contributed by atoms with Gasteiger partial charge in [-0.1, -0.05) is 23.7 Å². The van der Waals surface area contributed by atoms with Gasteiger partial charge in [-0.05, 0) is 24.6 Å². The van der Waals surface area contributed by atoms with Gasteiger partial charge in [-0.2, -0.15) is 0 Å². The average molecular weight is 269 g/mol. The fraction of sp³-hybridized carbons (Fsp3) is 0.167. The molecule has 0 spiro atoms. The Bertz CT molecular complexity index is 527. The third-order valence-corrected chi connectivity index (χ3v) is 3.87. The first-order valence-electron chi connectivity index (χ1n) is 5.16. The highest BCUT2D eigenvalue weighted by Gasteiger charge is 2.16. The Labute approximate surface area is 109 Å². The molecule has 0 fully saturated rings. The second-order valence-corrected chi connectivity index (χ2v) is 5.08. The van der Waals surface area contributed by atoms with E-state index in [2.05, 4.69) is 5.43 Å². The minimum atomic E-state index is -0.0841. The van der Waals surface area contributed by atoms with Crippen LogP contribution in [0.4, 0.5) is 0 Å². The summed E-state index contributed by atoms with van der Waals surface area (Å²) in [5, 5.41) is 12.7. The van der Waals surface area contributed by atoms with Crippen molar-refractivity contribution in [3.63, 3.8) is 0 Å². The van der Waals surface area contributed by atoms with Crippen molar-refractivity contribution < 1.29 is 5.11 Å². The number of thiophene rings is 1. The molecule has 17 heavy (non-hydrogen) atoms. The summed E-state index contributed by atoms with van der Waals surface area (Å²) in [6.45, 7) is 1.89. The molecule has 90 valence electrons. The van der Waals surface area contributed by atoms with Crippen molar-refractivity contribution in [2.45, 2.75) is 13.0 Å². The van der Waals surface area contributed by atoms with Gasteiger partial charge in [-0.3, -0.25) is 11.3 Å². The van der Waals surface area contributed by atoms with Gasteiger partial charge in [-0.25, -0.2) is 0 Å². The molecule has 2 rings (SSSR count). The third kappa shape index (κ3) is 2.45. The molecule has 4 N–H and O–H groups in total. The van der Waals surface area contributed by atoms with Crippen LogP contribution in [0.2, 0.25) is 5.02 Å². The molecule has 1 aromatic heterocycles. The van der Waals surface area contributed by atoms with Crippen LogP contribution in [0, 0.1) is 0 Å². The van der Waals surface area contributed by atoms with Crippen LogP contribution in [0.5, 0.6) is 5.75 Å². The monoisotopic (exact) mass is 268 g/mol. The van der Waals surface area contributed by atoms with E-state index in [0.29, 0.717) is 5.02 Å². The molecule has 0 bridgehead atoms. The zero-order chi connectivity index (χ0) is 12.4. The summed E-state index contributed by atoms with van der Waals surface area (Å²) >= 11 is 7.41. The molecule has 0 saturated heterocycles. The Balaban J connectivity index is 2.44. The van der Waals surface area contributed by atoms with Gasteiger partial charge in [-0.15, -0.1) is 11.3 Å². The van der Waals surface area contributed by atoms with E-state index >= 15 is 0 Å². The Morgan fingerprint density at radius 3 is 2.88 bits per heavy atom. The lowest BCUT2D eigenvalue weighted by Gasteiger charge is -2.08.